The van der Waals surface area contributed by atoms with E-state index in [2.05, 4.69) is 38.3 Å². The van der Waals surface area contributed by atoms with Crippen LogP contribution in [-0.4, -0.2) is 36.9 Å². The maximum absolute atomic E-state index is 13.0. The predicted octanol–water partition coefficient (Wildman–Crippen LogP) is 3.27. The van der Waals surface area contributed by atoms with Gasteiger partial charge in [0.1, 0.15) is 6.33 Å². The van der Waals surface area contributed by atoms with Crippen molar-refractivity contribution in [2.45, 2.75) is 52.5 Å². The van der Waals surface area contributed by atoms with Crippen molar-refractivity contribution in [3.8, 4) is 0 Å². The number of amides is 1. The van der Waals surface area contributed by atoms with E-state index in [4.69, 9.17) is 0 Å². The molecule has 0 aromatic carbocycles. The van der Waals surface area contributed by atoms with E-state index >= 15 is 0 Å². The van der Waals surface area contributed by atoms with E-state index in [1.54, 1.807) is 4.52 Å². The highest BCUT2D eigenvalue weighted by atomic mass is 32.1. The van der Waals surface area contributed by atoms with Gasteiger partial charge in [-0.25, -0.2) is 9.50 Å². The molecule has 7 heteroatoms. The van der Waals surface area contributed by atoms with Crippen LogP contribution in [0.2, 0.25) is 0 Å². The van der Waals surface area contributed by atoms with E-state index in [9.17, 15) is 4.79 Å². The highest BCUT2D eigenvalue weighted by Crippen LogP contribution is 2.35. The van der Waals surface area contributed by atoms with Gasteiger partial charge in [0.15, 0.2) is 0 Å². The van der Waals surface area contributed by atoms with Crippen LogP contribution in [0.4, 0.5) is 0 Å². The van der Waals surface area contributed by atoms with Gasteiger partial charge in [0, 0.05) is 29.2 Å². The van der Waals surface area contributed by atoms with Crippen LogP contribution in [0.25, 0.3) is 5.78 Å². The minimum absolute atomic E-state index is 0.218. The van der Waals surface area contributed by atoms with Gasteiger partial charge < -0.3 is 4.90 Å². The average molecular weight is 369 g/mol. The predicted molar refractivity (Wildman–Crippen MR) is 101 cm³/mol. The molecule has 1 aliphatic rings. The van der Waals surface area contributed by atoms with Crippen molar-refractivity contribution in [2.75, 3.05) is 6.54 Å². The van der Waals surface area contributed by atoms with E-state index in [0.717, 1.165) is 36.3 Å². The van der Waals surface area contributed by atoms with Gasteiger partial charge in [-0.3, -0.25) is 4.79 Å². The van der Waals surface area contributed by atoms with Gasteiger partial charge in [-0.2, -0.15) is 10.1 Å². The molecule has 0 saturated heterocycles. The Morgan fingerprint density at radius 2 is 2.23 bits per heavy atom. The van der Waals surface area contributed by atoms with E-state index in [1.165, 1.54) is 16.8 Å². The number of nitrogens with zero attached hydrogens (tertiary/aromatic N) is 5. The Morgan fingerprint density at radius 1 is 1.38 bits per heavy atom. The first-order chi connectivity index (χ1) is 12.6. The van der Waals surface area contributed by atoms with Crippen LogP contribution in [0.3, 0.4) is 0 Å². The first kappa shape index (κ1) is 17.1. The summed E-state index contributed by atoms with van der Waals surface area (Å²) < 4.78 is 1.75. The summed E-state index contributed by atoms with van der Waals surface area (Å²) in [6, 6.07) is 2.40. The van der Waals surface area contributed by atoms with E-state index in [-0.39, 0.29) is 11.9 Å². The van der Waals surface area contributed by atoms with Crippen LogP contribution in [0, 0.1) is 13.8 Å². The third kappa shape index (κ3) is 2.80. The van der Waals surface area contributed by atoms with Gasteiger partial charge in [0.25, 0.3) is 5.78 Å². The van der Waals surface area contributed by atoms with Crippen molar-refractivity contribution < 1.29 is 4.79 Å². The third-order valence-corrected chi connectivity index (χ3v) is 6.38. The molecular weight excluding hydrogens is 346 g/mol. The van der Waals surface area contributed by atoms with Gasteiger partial charge in [-0.15, -0.1) is 11.3 Å². The molecule has 3 aromatic rings. The number of carbonyl (C=O) groups excluding carboxylic acids is 1. The zero-order chi connectivity index (χ0) is 18.3. The molecule has 1 amide bonds. The van der Waals surface area contributed by atoms with Crippen molar-refractivity contribution in [1.29, 1.82) is 0 Å². The number of hydrogen-bond acceptors (Lipinski definition) is 5. The van der Waals surface area contributed by atoms with Crippen LogP contribution in [-0.2, 0) is 17.6 Å². The molecule has 1 atom stereocenters. The van der Waals surface area contributed by atoms with Crippen LogP contribution >= 0.6 is 11.3 Å². The van der Waals surface area contributed by atoms with Crippen LogP contribution in [0.5, 0.6) is 0 Å². The monoisotopic (exact) mass is 369 g/mol. The second-order valence-corrected chi connectivity index (χ2v) is 7.79. The van der Waals surface area contributed by atoms with Crippen molar-refractivity contribution >= 4 is 23.0 Å². The Balaban J connectivity index is 1.53. The fourth-order valence-electron chi connectivity index (χ4n) is 4.03. The first-order valence-electron chi connectivity index (χ1n) is 9.11. The van der Waals surface area contributed by atoms with Crippen LogP contribution in [0.15, 0.2) is 17.8 Å². The number of hydrogen-bond donors (Lipinski definition) is 0. The van der Waals surface area contributed by atoms with E-state index < -0.39 is 0 Å². The maximum Gasteiger partial charge on any atom is 0.252 e. The van der Waals surface area contributed by atoms with Gasteiger partial charge in [0.2, 0.25) is 5.91 Å². The topological polar surface area (TPSA) is 63.4 Å². The summed E-state index contributed by atoms with van der Waals surface area (Å²) in [6.07, 6.45) is 4.63. The molecule has 26 heavy (non-hydrogen) atoms. The molecule has 4 heterocycles. The summed E-state index contributed by atoms with van der Waals surface area (Å²) in [7, 11) is 0. The second kappa shape index (κ2) is 6.79. The minimum Gasteiger partial charge on any atom is -0.335 e. The first-order valence-corrected chi connectivity index (χ1v) is 9.99. The fourth-order valence-corrected chi connectivity index (χ4v) is 4.96. The lowest BCUT2D eigenvalue weighted by molar-refractivity contribution is -0.134. The molecule has 3 aromatic heterocycles. The summed E-state index contributed by atoms with van der Waals surface area (Å²) in [4.78, 5) is 25.2. The zero-order valence-electron chi connectivity index (χ0n) is 15.4. The molecule has 0 fully saturated rings. The Labute approximate surface area is 156 Å². The molecular formula is C19H23N5OS. The summed E-state index contributed by atoms with van der Waals surface area (Å²) >= 11 is 1.81. The van der Waals surface area contributed by atoms with Crippen molar-refractivity contribution in [3.05, 3.63) is 45.2 Å². The van der Waals surface area contributed by atoms with Gasteiger partial charge >= 0.3 is 0 Å². The molecule has 4 rings (SSSR count). The normalized spacial score (nSPS) is 16.9. The number of rotatable bonds is 4. The van der Waals surface area contributed by atoms with E-state index in [0.29, 0.717) is 18.6 Å². The summed E-state index contributed by atoms with van der Waals surface area (Å²) in [5.74, 6) is 0.841. The highest BCUT2D eigenvalue weighted by molar-refractivity contribution is 7.10. The molecule has 0 radical (unpaired) electrons. The Morgan fingerprint density at radius 3 is 3.04 bits per heavy atom. The number of fused-ring (bicyclic) bond motifs is 2. The second-order valence-electron chi connectivity index (χ2n) is 6.79. The standard InChI is InChI=1S/C19H23N5OS/c1-4-16-15-8-10-26-17(15)7-9-23(16)18(25)6-5-14-12(2)22-19-20-11-21-24(19)13(14)3/h8,10-11,16H,4-7,9H2,1-3H3. The Hall–Kier alpha value is -2.28. The molecule has 0 bridgehead atoms. The molecule has 0 saturated carbocycles. The smallest absolute Gasteiger partial charge is 0.252 e. The average Bonchev–Trinajstić information content (AvgIpc) is 3.29. The number of aromatic nitrogens is 4. The lowest BCUT2D eigenvalue weighted by Gasteiger charge is -2.35. The number of carbonyl (C=O) groups is 1. The van der Waals surface area contributed by atoms with Crippen LogP contribution in [0.1, 0.15) is 53.2 Å². The zero-order valence-corrected chi connectivity index (χ0v) is 16.2. The lowest BCUT2D eigenvalue weighted by atomic mass is 9.96. The molecule has 1 unspecified atom stereocenters. The highest BCUT2D eigenvalue weighted by Gasteiger charge is 2.30. The van der Waals surface area contributed by atoms with Crippen molar-refractivity contribution in [2.24, 2.45) is 0 Å². The molecule has 0 spiro atoms. The minimum atomic E-state index is 0.218. The van der Waals surface area contributed by atoms with Crippen molar-refractivity contribution in [3.63, 3.8) is 0 Å². The van der Waals surface area contributed by atoms with Crippen molar-refractivity contribution in [1.82, 2.24) is 24.5 Å². The SMILES string of the molecule is CCC1c2ccsc2CCN1C(=O)CCc1c(C)nc2ncnn2c1C. The Kier molecular flexibility index (Phi) is 4.48. The number of thiophene rings is 1. The molecule has 1 aliphatic heterocycles. The summed E-state index contributed by atoms with van der Waals surface area (Å²) in [6.45, 7) is 6.98. The van der Waals surface area contributed by atoms with Gasteiger partial charge in [-0.05, 0) is 55.7 Å². The van der Waals surface area contributed by atoms with Gasteiger partial charge in [0.05, 0.1) is 6.04 Å². The molecule has 136 valence electrons. The number of aryl methyl sites for hydroxylation is 2. The molecule has 6 nitrogen and oxygen atoms in total. The van der Waals surface area contributed by atoms with Crippen LogP contribution < -0.4 is 0 Å². The van der Waals surface area contributed by atoms with Gasteiger partial charge in [-0.1, -0.05) is 6.92 Å². The summed E-state index contributed by atoms with van der Waals surface area (Å²) in [5.41, 5.74) is 4.39. The van der Waals surface area contributed by atoms with E-state index in [1.807, 2.05) is 25.2 Å². The lowest BCUT2D eigenvalue weighted by Crippen LogP contribution is -2.39. The quantitative estimate of drug-likeness (QED) is 0.708. The maximum atomic E-state index is 13.0. The summed E-state index contributed by atoms with van der Waals surface area (Å²) in [5, 5.41) is 6.38. The molecule has 0 N–H and O–H groups in total. The largest absolute Gasteiger partial charge is 0.335 e. The molecule has 0 aliphatic carbocycles. The Bertz CT molecular complexity index is 960. The third-order valence-electron chi connectivity index (χ3n) is 5.38. The fraction of sp³-hybridized carbons (Fsp3) is 0.474.